The van der Waals surface area contributed by atoms with Gasteiger partial charge in [0.1, 0.15) is 5.70 Å². The molecule has 0 aromatic heterocycles. The van der Waals surface area contributed by atoms with Gasteiger partial charge < -0.3 is 25.4 Å². The minimum absolute atomic E-state index is 0.00633. The predicted octanol–water partition coefficient (Wildman–Crippen LogP) is 6.81. The third kappa shape index (κ3) is 8.64. The Morgan fingerprint density at radius 1 is 0.860 bits per heavy atom. The molecule has 220 valence electrons. The Labute approximate surface area is 259 Å². The topological polar surface area (TPSA) is 106 Å². The second-order valence-corrected chi connectivity index (χ2v) is 10.7. The Kier molecular flexibility index (Phi) is 10.9. The van der Waals surface area contributed by atoms with Gasteiger partial charge in [-0.2, -0.15) is 0 Å². The van der Waals surface area contributed by atoms with Crippen LogP contribution in [0.1, 0.15) is 21.5 Å². The van der Waals surface area contributed by atoms with Crippen LogP contribution in [0.5, 0.6) is 11.5 Å². The summed E-state index contributed by atoms with van der Waals surface area (Å²) in [5.41, 5.74) is 3.04. The van der Waals surface area contributed by atoms with E-state index in [1.165, 1.54) is 32.1 Å². The highest BCUT2D eigenvalue weighted by atomic mass is 35.5. The fourth-order valence-corrected chi connectivity index (χ4v) is 4.89. The number of ether oxygens (including phenoxy) is 2. The number of anilines is 2. The molecule has 0 bridgehead atoms. The van der Waals surface area contributed by atoms with E-state index < -0.39 is 11.8 Å². The molecule has 0 radical (unpaired) electrons. The predicted molar refractivity (Wildman–Crippen MR) is 172 cm³/mol. The number of halogens is 1. The van der Waals surface area contributed by atoms with Crippen molar-refractivity contribution in [2.75, 3.05) is 30.6 Å². The molecule has 0 saturated heterocycles. The van der Waals surface area contributed by atoms with Crippen LogP contribution >= 0.6 is 23.4 Å². The van der Waals surface area contributed by atoms with Gasteiger partial charge in [0, 0.05) is 32.4 Å². The lowest BCUT2D eigenvalue weighted by atomic mass is 10.1. The molecular formula is C33H30ClN3O5S. The van der Waals surface area contributed by atoms with Gasteiger partial charge in [-0.05, 0) is 73.2 Å². The van der Waals surface area contributed by atoms with Crippen LogP contribution in [0.25, 0.3) is 6.08 Å². The monoisotopic (exact) mass is 615 g/mol. The largest absolute Gasteiger partial charge is 0.493 e. The van der Waals surface area contributed by atoms with Crippen molar-refractivity contribution in [3.05, 3.63) is 118 Å². The lowest BCUT2D eigenvalue weighted by Crippen LogP contribution is -2.30. The molecule has 0 spiro atoms. The highest BCUT2D eigenvalue weighted by Gasteiger charge is 2.17. The van der Waals surface area contributed by atoms with E-state index in [2.05, 4.69) is 16.0 Å². The van der Waals surface area contributed by atoms with E-state index in [1.807, 2.05) is 13.0 Å². The lowest BCUT2D eigenvalue weighted by Gasteiger charge is -2.14. The number of para-hydroxylation sites is 1. The standard InChI is InChI=1S/C33H30ClN3O5S/c1-21-12-13-24(34)19-27(21)36-30(38)20-43-26-16-14-25(15-17-26)35-33(40)28(37-32(39)22-8-5-4-6-9-22)18-23-10-7-11-29(41-2)31(23)42-3/h4-19H,20H2,1-3H3,(H,35,40)(H,36,38)(H,37,39)/b28-18-. The zero-order chi connectivity index (χ0) is 30.8. The van der Waals surface area contributed by atoms with Crippen molar-refractivity contribution in [3.63, 3.8) is 0 Å². The average molecular weight is 616 g/mol. The van der Waals surface area contributed by atoms with E-state index >= 15 is 0 Å². The molecule has 0 heterocycles. The van der Waals surface area contributed by atoms with Crippen molar-refractivity contribution in [1.82, 2.24) is 5.32 Å². The van der Waals surface area contributed by atoms with Crippen molar-refractivity contribution in [2.24, 2.45) is 0 Å². The molecule has 10 heteroatoms. The molecule has 43 heavy (non-hydrogen) atoms. The highest BCUT2D eigenvalue weighted by Crippen LogP contribution is 2.32. The molecule has 3 N–H and O–H groups in total. The van der Waals surface area contributed by atoms with Crippen LogP contribution < -0.4 is 25.4 Å². The molecule has 4 aromatic rings. The Morgan fingerprint density at radius 3 is 2.30 bits per heavy atom. The molecule has 4 aromatic carbocycles. The van der Waals surface area contributed by atoms with Gasteiger partial charge in [-0.25, -0.2) is 0 Å². The van der Waals surface area contributed by atoms with Crippen molar-refractivity contribution >= 4 is 58.5 Å². The van der Waals surface area contributed by atoms with Gasteiger partial charge in [-0.3, -0.25) is 14.4 Å². The van der Waals surface area contributed by atoms with Gasteiger partial charge in [0.15, 0.2) is 11.5 Å². The van der Waals surface area contributed by atoms with Crippen molar-refractivity contribution in [2.45, 2.75) is 11.8 Å². The number of methoxy groups -OCH3 is 2. The van der Waals surface area contributed by atoms with Crippen molar-refractivity contribution < 1.29 is 23.9 Å². The van der Waals surface area contributed by atoms with Crippen molar-refractivity contribution in [1.29, 1.82) is 0 Å². The fourth-order valence-electron chi connectivity index (χ4n) is 4.02. The molecule has 3 amide bonds. The minimum atomic E-state index is -0.536. The number of amides is 3. The number of hydrogen-bond donors (Lipinski definition) is 3. The number of benzene rings is 4. The number of hydrogen-bond acceptors (Lipinski definition) is 6. The smallest absolute Gasteiger partial charge is 0.272 e. The summed E-state index contributed by atoms with van der Waals surface area (Å²) in [7, 11) is 3.02. The molecular weight excluding hydrogens is 586 g/mol. The molecule has 0 atom stereocenters. The first kappa shape index (κ1) is 31.2. The van der Waals surface area contributed by atoms with Crippen LogP contribution in [0.15, 0.2) is 102 Å². The summed E-state index contributed by atoms with van der Waals surface area (Å²) in [5.74, 6) is -0.0503. The summed E-state index contributed by atoms with van der Waals surface area (Å²) in [5, 5.41) is 8.97. The first-order valence-electron chi connectivity index (χ1n) is 13.2. The van der Waals surface area contributed by atoms with E-state index in [0.717, 1.165) is 10.5 Å². The zero-order valence-electron chi connectivity index (χ0n) is 23.8. The second-order valence-electron chi connectivity index (χ2n) is 9.24. The van der Waals surface area contributed by atoms with E-state index in [4.69, 9.17) is 21.1 Å². The van der Waals surface area contributed by atoms with Gasteiger partial charge in [0.2, 0.25) is 5.91 Å². The second kappa shape index (κ2) is 14.9. The van der Waals surface area contributed by atoms with E-state index in [0.29, 0.717) is 39.0 Å². The van der Waals surface area contributed by atoms with Gasteiger partial charge in [0.25, 0.3) is 11.8 Å². The summed E-state index contributed by atoms with van der Waals surface area (Å²) in [6, 6.07) is 26.2. The van der Waals surface area contributed by atoms with Gasteiger partial charge in [-0.15, -0.1) is 11.8 Å². The van der Waals surface area contributed by atoms with Crippen LogP contribution in [0.4, 0.5) is 11.4 Å². The molecule has 0 aliphatic rings. The summed E-state index contributed by atoms with van der Waals surface area (Å²) in [6.07, 6.45) is 1.53. The van der Waals surface area contributed by atoms with Crippen LogP contribution in [-0.4, -0.2) is 37.7 Å². The Balaban J connectivity index is 1.47. The number of carbonyl (C=O) groups excluding carboxylic acids is 3. The molecule has 4 rings (SSSR count). The Hall–Kier alpha value is -4.73. The van der Waals surface area contributed by atoms with Crippen molar-refractivity contribution in [3.8, 4) is 11.5 Å². The van der Waals surface area contributed by atoms with E-state index in [9.17, 15) is 14.4 Å². The molecule has 0 fully saturated rings. The normalized spacial score (nSPS) is 10.9. The summed E-state index contributed by atoms with van der Waals surface area (Å²) in [6.45, 7) is 1.90. The van der Waals surface area contributed by atoms with Gasteiger partial charge in [0.05, 0.1) is 20.0 Å². The highest BCUT2D eigenvalue weighted by molar-refractivity contribution is 8.00. The first-order valence-corrected chi connectivity index (χ1v) is 14.5. The number of carbonyl (C=O) groups is 3. The fraction of sp³-hybridized carbons (Fsp3) is 0.121. The third-order valence-electron chi connectivity index (χ3n) is 6.22. The Bertz CT molecular complexity index is 1640. The SMILES string of the molecule is COc1cccc(/C=C(\NC(=O)c2ccccc2)C(=O)Nc2ccc(SCC(=O)Nc3cc(Cl)ccc3C)cc2)c1OC. The maximum absolute atomic E-state index is 13.4. The Morgan fingerprint density at radius 2 is 1.60 bits per heavy atom. The average Bonchev–Trinajstić information content (AvgIpc) is 3.02. The van der Waals surface area contributed by atoms with Crippen LogP contribution in [0.3, 0.4) is 0 Å². The molecule has 0 unspecified atom stereocenters. The zero-order valence-corrected chi connectivity index (χ0v) is 25.3. The third-order valence-corrected chi connectivity index (χ3v) is 7.46. The van der Waals surface area contributed by atoms with Crippen LogP contribution in [-0.2, 0) is 9.59 Å². The number of thioether (sulfide) groups is 1. The molecule has 0 saturated carbocycles. The minimum Gasteiger partial charge on any atom is -0.493 e. The first-order chi connectivity index (χ1) is 20.8. The molecule has 8 nitrogen and oxygen atoms in total. The van der Waals surface area contributed by atoms with E-state index in [-0.39, 0.29) is 17.4 Å². The van der Waals surface area contributed by atoms with Crippen LogP contribution in [0.2, 0.25) is 5.02 Å². The summed E-state index contributed by atoms with van der Waals surface area (Å²) >= 11 is 7.40. The lowest BCUT2D eigenvalue weighted by molar-refractivity contribution is -0.114. The van der Waals surface area contributed by atoms with Gasteiger partial charge in [-0.1, -0.05) is 48.0 Å². The number of nitrogens with one attached hydrogen (secondary N) is 3. The molecule has 0 aliphatic heterocycles. The summed E-state index contributed by atoms with van der Waals surface area (Å²) in [4.78, 5) is 39.7. The quantitative estimate of drug-likeness (QED) is 0.126. The maximum atomic E-state index is 13.4. The summed E-state index contributed by atoms with van der Waals surface area (Å²) < 4.78 is 10.9. The number of rotatable bonds is 11. The van der Waals surface area contributed by atoms with Gasteiger partial charge >= 0.3 is 0 Å². The van der Waals surface area contributed by atoms with Crippen LogP contribution in [0, 0.1) is 6.92 Å². The number of aryl methyl sites for hydroxylation is 1. The van der Waals surface area contributed by atoms with E-state index in [1.54, 1.807) is 84.9 Å². The maximum Gasteiger partial charge on any atom is 0.272 e. The molecule has 0 aliphatic carbocycles.